The van der Waals surface area contributed by atoms with Crippen LogP contribution in [0.2, 0.25) is 0 Å². The summed E-state index contributed by atoms with van der Waals surface area (Å²) in [6, 6.07) is 14.7. The van der Waals surface area contributed by atoms with Gasteiger partial charge in [-0.3, -0.25) is 14.2 Å². The number of rotatable bonds is 6. The molecule has 4 aromatic rings. The first-order chi connectivity index (χ1) is 15.4. The van der Waals surface area contributed by atoms with Crippen molar-refractivity contribution >= 4 is 45.0 Å². The summed E-state index contributed by atoms with van der Waals surface area (Å²) < 4.78 is 3.37. The Kier molecular flexibility index (Phi) is 6.29. The highest BCUT2D eigenvalue weighted by atomic mass is 32.2. The normalized spacial score (nSPS) is 11.1. The number of aromatic nitrogens is 3. The molecule has 0 atom stereocenters. The number of amides is 1. The van der Waals surface area contributed by atoms with Gasteiger partial charge in [0.1, 0.15) is 11.2 Å². The molecular formula is C23H22N4O3S2. The maximum absolute atomic E-state index is 13.4. The molecule has 0 spiro atoms. The zero-order valence-corrected chi connectivity index (χ0v) is 19.5. The van der Waals surface area contributed by atoms with Crippen molar-refractivity contribution in [3.05, 3.63) is 80.5 Å². The van der Waals surface area contributed by atoms with E-state index in [0.717, 1.165) is 22.1 Å². The fourth-order valence-electron chi connectivity index (χ4n) is 3.33. The van der Waals surface area contributed by atoms with Gasteiger partial charge in [-0.25, -0.2) is 14.3 Å². The van der Waals surface area contributed by atoms with Gasteiger partial charge in [-0.2, -0.15) is 0 Å². The molecule has 9 heteroatoms. The van der Waals surface area contributed by atoms with Gasteiger partial charge in [0.2, 0.25) is 5.91 Å². The number of nitrogens with one attached hydrogen (secondary N) is 1. The molecule has 7 nitrogen and oxygen atoms in total. The third-order valence-electron chi connectivity index (χ3n) is 5.08. The third kappa shape index (κ3) is 4.26. The van der Waals surface area contributed by atoms with Crippen molar-refractivity contribution < 1.29 is 4.79 Å². The van der Waals surface area contributed by atoms with Crippen LogP contribution in [-0.2, 0) is 17.8 Å². The second kappa shape index (κ2) is 9.13. The van der Waals surface area contributed by atoms with E-state index in [9.17, 15) is 14.4 Å². The Morgan fingerprint density at radius 1 is 1.09 bits per heavy atom. The second-order valence-electron chi connectivity index (χ2n) is 7.28. The lowest BCUT2D eigenvalue weighted by Gasteiger charge is -2.12. The zero-order valence-electron chi connectivity index (χ0n) is 17.9. The van der Waals surface area contributed by atoms with Crippen LogP contribution in [0.25, 0.3) is 16.0 Å². The molecule has 0 aliphatic rings. The molecule has 2 heterocycles. The monoisotopic (exact) mass is 466 g/mol. The van der Waals surface area contributed by atoms with Crippen LogP contribution < -0.4 is 16.6 Å². The van der Waals surface area contributed by atoms with Crippen LogP contribution in [0, 0.1) is 6.92 Å². The molecule has 0 bridgehead atoms. The molecule has 0 fully saturated rings. The molecule has 1 amide bonds. The van der Waals surface area contributed by atoms with Crippen LogP contribution in [0.3, 0.4) is 0 Å². The van der Waals surface area contributed by atoms with Gasteiger partial charge in [-0.05, 0) is 49.4 Å². The number of carbonyl (C=O) groups excluding carboxylic acids is 1. The van der Waals surface area contributed by atoms with E-state index in [2.05, 4.69) is 17.2 Å². The first-order valence-electron chi connectivity index (χ1n) is 10.1. The number of thiazole rings is 1. The maximum Gasteiger partial charge on any atom is 0.337 e. The number of thioether (sulfide) groups is 1. The molecule has 0 saturated heterocycles. The van der Waals surface area contributed by atoms with Crippen LogP contribution in [0.1, 0.15) is 18.1 Å². The summed E-state index contributed by atoms with van der Waals surface area (Å²) >= 11 is 2.61. The molecule has 0 radical (unpaired) electrons. The molecule has 2 aromatic heterocycles. The molecule has 164 valence electrons. The first-order valence-corrected chi connectivity index (χ1v) is 12.1. The predicted octanol–water partition coefficient (Wildman–Crippen LogP) is 3.84. The Labute approximate surface area is 192 Å². The quantitative estimate of drug-likeness (QED) is 0.437. The summed E-state index contributed by atoms with van der Waals surface area (Å²) in [6.07, 6.45) is 2.76. The van der Waals surface area contributed by atoms with Gasteiger partial charge < -0.3 is 5.32 Å². The molecule has 0 aliphatic carbocycles. The summed E-state index contributed by atoms with van der Waals surface area (Å²) in [5.41, 5.74) is 2.48. The molecule has 2 aromatic carbocycles. The van der Waals surface area contributed by atoms with E-state index < -0.39 is 11.2 Å². The van der Waals surface area contributed by atoms with Crippen LogP contribution in [0.4, 0.5) is 5.69 Å². The van der Waals surface area contributed by atoms with E-state index in [4.69, 9.17) is 0 Å². The van der Waals surface area contributed by atoms with E-state index in [1.54, 1.807) is 12.1 Å². The van der Waals surface area contributed by atoms with Gasteiger partial charge in [-0.1, -0.05) is 48.5 Å². The Hall–Kier alpha value is -3.17. The van der Waals surface area contributed by atoms with E-state index >= 15 is 0 Å². The fourth-order valence-corrected chi connectivity index (χ4v) is 4.83. The molecule has 0 saturated carbocycles. The van der Waals surface area contributed by atoms with Gasteiger partial charge in [0, 0.05) is 5.69 Å². The smallest absolute Gasteiger partial charge is 0.325 e. The third-order valence-corrected chi connectivity index (χ3v) is 7.10. The number of anilines is 1. The second-order valence-corrected chi connectivity index (χ2v) is 9.33. The van der Waals surface area contributed by atoms with E-state index in [-0.39, 0.29) is 18.1 Å². The van der Waals surface area contributed by atoms with Crippen LogP contribution in [0.15, 0.2) is 62.5 Å². The number of nitrogens with zero attached hydrogens (tertiary/aromatic N) is 3. The first kappa shape index (κ1) is 22.0. The van der Waals surface area contributed by atoms with E-state index in [1.165, 1.54) is 27.7 Å². The number of hydrogen-bond acceptors (Lipinski definition) is 6. The SMILES string of the molecule is CCc1ccc(NC(=O)Cn2c(=O)n(-c3ccc(C)cc3)c(=O)c3sc(SC)nc32)cc1. The number of aryl methyl sites for hydroxylation is 2. The van der Waals surface area contributed by atoms with Crippen LogP contribution in [-0.4, -0.2) is 26.3 Å². The van der Waals surface area contributed by atoms with E-state index in [0.29, 0.717) is 20.4 Å². The number of benzene rings is 2. The summed E-state index contributed by atoms with van der Waals surface area (Å²) in [6.45, 7) is 3.73. The summed E-state index contributed by atoms with van der Waals surface area (Å²) in [5, 5.41) is 2.82. The number of hydrogen-bond donors (Lipinski definition) is 1. The Morgan fingerprint density at radius 3 is 2.41 bits per heavy atom. The summed E-state index contributed by atoms with van der Waals surface area (Å²) in [7, 11) is 0. The zero-order chi connectivity index (χ0) is 22.8. The van der Waals surface area contributed by atoms with E-state index in [1.807, 2.05) is 49.6 Å². The van der Waals surface area contributed by atoms with Crippen molar-refractivity contribution in [2.75, 3.05) is 11.6 Å². The van der Waals surface area contributed by atoms with Crippen molar-refractivity contribution in [1.29, 1.82) is 0 Å². The van der Waals surface area contributed by atoms with Gasteiger partial charge >= 0.3 is 5.69 Å². The highest BCUT2D eigenvalue weighted by Gasteiger charge is 2.20. The topological polar surface area (TPSA) is 86.0 Å². The number of carbonyl (C=O) groups is 1. The Balaban J connectivity index is 1.79. The van der Waals surface area contributed by atoms with Gasteiger partial charge in [-0.15, -0.1) is 11.3 Å². The molecule has 0 aliphatic heterocycles. The van der Waals surface area contributed by atoms with Gasteiger partial charge in [0.15, 0.2) is 9.99 Å². The Morgan fingerprint density at radius 2 is 1.78 bits per heavy atom. The predicted molar refractivity (Wildman–Crippen MR) is 130 cm³/mol. The largest absolute Gasteiger partial charge is 0.337 e. The van der Waals surface area contributed by atoms with Crippen molar-refractivity contribution in [2.45, 2.75) is 31.2 Å². The lowest BCUT2D eigenvalue weighted by Crippen LogP contribution is -2.40. The van der Waals surface area contributed by atoms with Gasteiger partial charge in [0.25, 0.3) is 5.56 Å². The molecule has 32 heavy (non-hydrogen) atoms. The maximum atomic E-state index is 13.4. The average Bonchev–Trinajstić information content (AvgIpc) is 3.23. The summed E-state index contributed by atoms with van der Waals surface area (Å²) in [4.78, 5) is 43.8. The Bertz CT molecular complexity index is 1400. The lowest BCUT2D eigenvalue weighted by atomic mass is 10.1. The molecule has 1 N–H and O–H groups in total. The van der Waals surface area contributed by atoms with Crippen LogP contribution in [0.5, 0.6) is 0 Å². The van der Waals surface area contributed by atoms with Gasteiger partial charge in [0.05, 0.1) is 5.69 Å². The highest BCUT2D eigenvalue weighted by Crippen LogP contribution is 2.25. The standard InChI is InChI=1S/C23H22N4O3S2/c1-4-15-7-9-16(10-8-15)24-18(28)13-26-20-19(32-22(25-20)31-3)21(29)27(23(26)30)17-11-5-14(2)6-12-17/h5-12H,4,13H2,1-3H3,(H,24,28). The number of fused-ring (bicyclic) bond motifs is 1. The molecule has 0 unspecified atom stereocenters. The van der Waals surface area contributed by atoms with Crippen molar-refractivity contribution in [3.8, 4) is 5.69 Å². The van der Waals surface area contributed by atoms with Crippen LogP contribution >= 0.6 is 23.1 Å². The molecular weight excluding hydrogens is 444 g/mol. The molecule has 4 rings (SSSR count). The minimum absolute atomic E-state index is 0.231. The fraction of sp³-hybridized carbons (Fsp3) is 0.217. The minimum atomic E-state index is -0.596. The van der Waals surface area contributed by atoms with Crippen molar-refractivity contribution in [2.24, 2.45) is 0 Å². The van der Waals surface area contributed by atoms with Crippen molar-refractivity contribution in [3.63, 3.8) is 0 Å². The lowest BCUT2D eigenvalue weighted by molar-refractivity contribution is -0.116. The minimum Gasteiger partial charge on any atom is -0.325 e. The summed E-state index contributed by atoms with van der Waals surface area (Å²) in [5.74, 6) is -0.370. The average molecular weight is 467 g/mol. The van der Waals surface area contributed by atoms with Crippen molar-refractivity contribution in [1.82, 2.24) is 14.1 Å². The highest BCUT2D eigenvalue weighted by molar-refractivity contribution is 8.00.